The summed E-state index contributed by atoms with van der Waals surface area (Å²) in [4.78, 5) is 0.528. The molecule has 1 aliphatic carbocycles. The lowest BCUT2D eigenvalue weighted by Crippen LogP contribution is -2.44. The van der Waals surface area contributed by atoms with Crippen LogP contribution in [0, 0.1) is 10.4 Å². The van der Waals surface area contributed by atoms with Crippen molar-refractivity contribution in [3.8, 4) is 0 Å². The van der Waals surface area contributed by atoms with Gasteiger partial charge in [0.2, 0.25) is 5.10 Å². The van der Waals surface area contributed by atoms with Gasteiger partial charge in [0.15, 0.2) is 5.52 Å². The van der Waals surface area contributed by atoms with Gasteiger partial charge in [-0.3, -0.25) is 5.32 Å². The first-order valence-electron chi connectivity index (χ1n) is 6.13. The summed E-state index contributed by atoms with van der Waals surface area (Å²) in [6.07, 6.45) is 3.03. The van der Waals surface area contributed by atoms with E-state index in [0.29, 0.717) is 27.2 Å². The smallest absolute Gasteiger partial charge is 0.460 e. The molecule has 0 bridgehead atoms. The summed E-state index contributed by atoms with van der Waals surface area (Å²) in [6.45, 7) is 2.40. The molecule has 0 unspecified atom stereocenters. The van der Waals surface area contributed by atoms with Gasteiger partial charge in [0.1, 0.15) is 0 Å². The van der Waals surface area contributed by atoms with Crippen LogP contribution >= 0.6 is 0 Å². The van der Waals surface area contributed by atoms with E-state index < -0.39 is 0 Å². The molecule has 1 aromatic carbocycles. The van der Waals surface area contributed by atoms with Crippen molar-refractivity contribution in [2.45, 2.75) is 26.2 Å². The Bertz CT molecular complexity index is 627. The Morgan fingerprint density at radius 2 is 1.89 bits per heavy atom. The van der Waals surface area contributed by atoms with Crippen molar-refractivity contribution in [2.24, 2.45) is 0 Å². The Morgan fingerprint density at radius 3 is 2.56 bits per heavy atom. The molecule has 0 aliphatic heterocycles. The lowest BCUT2D eigenvalue weighted by atomic mass is 10.1. The molecule has 0 radical (unpaired) electrons. The van der Waals surface area contributed by atoms with Crippen LogP contribution in [0.3, 0.4) is 0 Å². The molecule has 0 fully saturated rings. The van der Waals surface area contributed by atoms with E-state index in [9.17, 15) is 10.4 Å². The third kappa shape index (κ3) is 1.53. The van der Waals surface area contributed by atoms with E-state index in [2.05, 4.69) is 10.4 Å². The van der Waals surface area contributed by atoms with Gasteiger partial charge in [-0.25, -0.2) is 4.73 Å². The fourth-order valence-corrected chi connectivity index (χ4v) is 2.47. The first kappa shape index (κ1) is 11.0. The second kappa shape index (κ2) is 3.97. The molecular formula is C12H14N4O2. The highest BCUT2D eigenvalue weighted by atomic mass is 16.5. The average Bonchev–Trinajstić information content (AvgIpc) is 2.81. The van der Waals surface area contributed by atoms with Crippen LogP contribution in [0.1, 0.15) is 24.5 Å². The molecular weight excluding hydrogens is 232 g/mol. The van der Waals surface area contributed by atoms with E-state index >= 15 is 0 Å². The SMILES string of the molecule is CCNc1n[n+]([O-])c2cc3c(cc2[n+]1[O-])CCC3. The quantitative estimate of drug-likeness (QED) is 0.615. The standard InChI is InChI=1S/C12H14N4O2/c1-2-13-12-14-16(18)11-7-9-5-3-4-8(9)6-10(11)15(12)17/h6-7H,2-5H2,1H3,(H,13,14). The van der Waals surface area contributed by atoms with Crippen molar-refractivity contribution in [1.82, 2.24) is 5.10 Å². The molecule has 6 heteroatoms. The molecule has 0 atom stereocenters. The number of aryl methyl sites for hydroxylation is 2. The Morgan fingerprint density at radius 1 is 1.22 bits per heavy atom. The average molecular weight is 246 g/mol. The lowest BCUT2D eigenvalue weighted by molar-refractivity contribution is -0.672. The summed E-state index contributed by atoms with van der Waals surface area (Å²) in [7, 11) is 0. The number of hydrogen-bond acceptors (Lipinski definition) is 4. The second-order valence-corrected chi connectivity index (χ2v) is 4.48. The molecule has 0 spiro atoms. The number of nitrogens with one attached hydrogen (secondary N) is 1. The normalized spacial score (nSPS) is 13.8. The molecule has 2 aromatic rings. The molecule has 0 amide bonds. The summed E-state index contributed by atoms with van der Waals surface area (Å²) >= 11 is 0. The van der Waals surface area contributed by atoms with Gasteiger partial charge in [0.05, 0.1) is 6.54 Å². The molecule has 3 rings (SSSR count). The van der Waals surface area contributed by atoms with Crippen LogP contribution in [0.15, 0.2) is 12.1 Å². The number of benzene rings is 1. The summed E-state index contributed by atoms with van der Waals surface area (Å²) < 4.78 is 0.700. The van der Waals surface area contributed by atoms with Gasteiger partial charge in [-0.2, -0.15) is 0 Å². The fraction of sp³-hybridized carbons (Fsp3) is 0.417. The van der Waals surface area contributed by atoms with Crippen LogP contribution in [0.5, 0.6) is 0 Å². The predicted molar refractivity (Wildman–Crippen MR) is 65.9 cm³/mol. The zero-order valence-corrected chi connectivity index (χ0v) is 10.1. The fourth-order valence-electron chi connectivity index (χ4n) is 2.47. The minimum Gasteiger partial charge on any atom is -0.739 e. The lowest BCUT2D eigenvalue weighted by Gasteiger charge is -2.10. The topological polar surface area (TPSA) is 78.8 Å². The maximum absolute atomic E-state index is 12.1. The van der Waals surface area contributed by atoms with Gasteiger partial charge in [-0.05, 0) is 43.4 Å². The van der Waals surface area contributed by atoms with Gasteiger partial charge < -0.3 is 10.4 Å². The van der Waals surface area contributed by atoms with E-state index in [-0.39, 0.29) is 5.95 Å². The van der Waals surface area contributed by atoms with Crippen LogP contribution < -0.4 is 14.9 Å². The van der Waals surface area contributed by atoms with E-state index in [1.807, 2.05) is 13.0 Å². The van der Waals surface area contributed by atoms with Crippen LogP contribution in [0.4, 0.5) is 5.95 Å². The van der Waals surface area contributed by atoms with E-state index in [1.54, 1.807) is 6.07 Å². The molecule has 1 heterocycles. The minimum atomic E-state index is 0.0537. The molecule has 6 nitrogen and oxygen atoms in total. The van der Waals surface area contributed by atoms with Gasteiger partial charge in [0, 0.05) is 10.9 Å². The van der Waals surface area contributed by atoms with Crippen LogP contribution in [0.2, 0.25) is 0 Å². The Hall–Kier alpha value is -2.11. The largest absolute Gasteiger partial charge is 0.739 e. The van der Waals surface area contributed by atoms with Crippen molar-refractivity contribution in [3.05, 3.63) is 33.7 Å². The molecule has 94 valence electrons. The summed E-state index contributed by atoms with van der Waals surface area (Å²) in [5.41, 5.74) is 3.05. The van der Waals surface area contributed by atoms with E-state index in [1.165, 1.54) is 5.56 Å². The summed E-state index contributed by atoms with van der Waals surface area (Å²) in [5, 5.41) is 30.5. The first-order chi connectivity index (χ1) is 8.70. The zero-order valence-electron chi connectivity index (χ0n) is 10.1. The van der Waals surface area contributed by atoms with Gasteiger partial charge >= 0.3 is 5.95 Å². The van der Waals surface area contributed by atoms with Crippen LogP contribution in [0.25, 0.3) is 11.0 Å². The summed E-state index contributed by atoms with van der Waals surface area (Å²) in [6, 6.07) is 3.61. The van der Waals surface area contributed by atoms with Gasteiger partial charge in [0.25, 0.3) is 5.52 Å². The highest BCUT2D eigenvalue weighted by molar-refractivity contribution is 5.71. The van der Waals surface area contributed by atoms with Crippen LogP contribution in [-0.2, 0) is 12.8 Å². The van der Waals surface area contributed by atoms with Crippen molar-refractivity contribution >= 4 is 17.0 Å². The van der Waals surface area contributed by atoms with Crippen molar-refractivity contribution in [1.29, 1.82) is 0 Å². The predicted octanol–water partition coefficient (Wildman–Crippen LogP) is 0.422. The minimum absolute atomic E-state index is 0.0537. The number of aromatic nitrogens is 3. The molecule has 0 saturated carbocycles. The molecule has 1 aliphatic rings. The van der Waals surface area contributed by atoms with Crippen molar-refractivity contribution < 1.29 is 9.58 Å². The molecule has 1 N–H and O–H groups in total. The number of hydrogen-bond donors (Lipinski definition) is 1. The molecule has 0 saturated heterocycles. The highest BCUT2D eigenvalue weighted by Gasteiger charge is 2.23. The van der Waals surface area contributed by atoms with Crippen molar-refractivity contribution in [3.63, 3.8) is 0 Å². The third-order valence-corrected chi connectivity index (χ3v) is 3.33. The van der Waals surface area contributed by atoms with Gasteiger partial charge in [-0.15, -0.1) is 0 Å². The van der Waals surface area contributed by atoms with Crippen LogP contribution in [-0.4, -0.2) is 11.6 Å². The second-order valence-electron chi connectivity index (χ2n) is 4.48. The number of nitrogens with zero attached hydrogens (tertiary/aromatic N) is 3. The zero-order chi connectivity index (χ0) is 12.7. The number of rotatable bonds is 2. The van der Waals surface area contributed by atoms with E-state index in [0.717, 1.165) is 24.8 Å². The first-order valence-corrected chi connectivity index (χ1v) is 6.13. The van der Waals surface area contributed by atoms with E-state index in [4.69, 9.17) is 0 Å². The Balaban J connectivity index is 2.29. The monoisotopic (exact) mass is 246 g/mol. The van der Waals surface area contributed by atoms with Gasteiger partial charge in [-0.1, -0.05) is 0 Å². The third-order valence-electron chi connectivity index (χ3n) is 3.33. The molecule has 18 heavy (non-hydrogen) atoms. The maximum atomic E-state index is 12.1. The number of anilines is 1. The Kier molecular flexibility index (Phi) is 2.43. The number of fused-ring (bicyclic) bond motifs is 2. The molecule has 1 aromatic heterocycles. The summed E-state index contributed by atoms with van der Waals surface area (Å²) in [5.74, 6) is 0.0537. The highest BCUT2D eigenvalue weighted by Crippen LogP contribution is 2.24. The maximum Gasteiger partial charge on any atom is 0.460 e. The van der Waals surface area contributed by atoms with Crippen molar-refractivity contribution in [2.75, 3.05) is 11.9 Å². The Labute approximate surface area is 104 Å².